The molecule has 0 aromatic heterocycles. The topological polar surface area (TPSA) is 46.2 Å². The van der Waals surface area contributed by atoms with Crippen LogP contribution in [-0.2, 0) is 9.59 Å². The van der Waals surface area contributed by atoms with Crippen molar-refractivity contribution in [2.24, 2.45) is 0 Å². The summed E-state index contributed by atoms with van der Waals surface area (Å²) in [6.07, 6.45) is 0. The molecule has 0 aromatic rings. The number of hydrogen-bond acceptors (Lipinski definition) is 3. The number of carbonyl (C=O) groups is 2. The Kier molecular flexibility index (Phi) is 10.0. The van der Waals surface area contributed by atoms with E-state index in [0.29, 0.717) is 5.75 Å². The smallest absolute Gasteiger partial charge is 0.217 e. The average molecular weight is 191 g/mol. The molecular formula is C8H17NO2S. The normalized spacial score (nSPS) is 10.8. The number of thiol groups is 1. The maximum Gasteiger partial charge on any atom is 0.217 e. The molecular weight excluding hydrogens is 174 g/mol. The van der Waals surface area contributed by atoms with Crippen LogP contribution in [0, 0.1) is 0 Å². The molecule has 3 nitrogen and oxygen atoms in total. The summed E-state index contributed by atoms with van der Waals surface area (Å²) in [4.78, 5) is 21.1. The number of ketones is 1. The zero-order valence-corrected chi connectivity index (χ0v) is 8.94. The molecule has 0 aromatic carbocycles. The van der Waals surface area contributed by atoms with Crippen molar-refractivity contribution in [2.45, 2.75) is 33.7 Å². The number of nitrogens with one attached hydrogen (secondary N) is 1. The van der Waals surface area contributed by atoms with Crippen molar-refractivity contribution in [3.05, 3.63) is 0 Å². The van der Waals surface area contributed by atoms with Gasteiger partial charge in [0, 0.05) is 12.7 Å². The molecule has 0 aliphatic heterocycles. The van der Waals surface area contributed by atoms with E-state index < -0.39 is 6.04 Å². The molecule has 0 fully saturated rings. The van der Waals surface area contributed by atoms with Crippen LogP contribution in [0.15, 0.2) is 0 Å². The lowest BCUT2D eigenvalue weighted by Gasteiger charge is -2.10. The highest BCUT2D eigenvalue weighted by Gasteiger charge is 2.11. The van der Waals surface area contributed by atoms with Gasteiger partial charge >= 0.3 is 0 Å². The van der Waals surface area contributed by atoms with Crippen molar-refractivity contribution >= 4 is 24.3 Å². The highest BCUT2D eigenvalue weighted by atomic mass is 32.1. The van der Waals surface area contributed by atoms with Crippen LogP contribution in [0.1, 0.15) is 27.7 Å². The Morgan fingerprint density at radius 3 is 1.83 bits per heavy atom. The minimum absolute atomic E-state index is 0.0646. The zero-order valence-electron chi connectivity index (χ0n) is 8.05. The van der Waals surface area contributed by atoms with Crippen LogP contribution in [-0.4, -0.2) is 23.5 Å². The van der Waals surface area contributed by atoms with E-state index in [4.69, 9.17) is 0 Å². The van der Waals surface area contributed by atoms with E-state index in [1.165, 1.54) is 13.8 Å². The third kappa shape index (κ3) is 7.60. The van der Waals surface area contributed by atoms with E-state index in [0.717, 1.165) is 0 Å². The van der Waals surface area contributed by atoms with Crippen molar-refractivity contribution in [3.63, 3.8) is 0 Å². The molecule has 1 amide bonds. The van der Waals surface area contributed by atoms with Crippen molar-refractivity contribution in [1.82, 2.24) is 5.32 Å². The van der Waals surface area contributed by atoms with Crippen molar-refractivity contribution in [3.8, 4) is 0 Å². The van der Waals surface area contributed by atoms with Crippen LogP contribution in [0.25, 0.3) is 0 Å². The van der Waals surface area contributed by atoms with Gasteiger partial charge in [-0.15, -0.1) is 0 Å². The van der Waals surface area contributed by atoms with Gasteiger partial charge in [0.2, 0.25) is 5.91 Å². The lowest BCUT2D eigenvalue weighted by molar-refractivity contribution is -0.125. The van der Waals surface area contributed by atoms with E-state index in [1.54, 1.807) is 0 Å². The molecule has 0 aliphatic rings. The molecule has 0 saturated heterocycles. The fourth-order valence-electron chi connectivity index (χ4n) is 0.521. The second kappa shape index (κ2) is 8.59. The Morgan fingerprint density at radius 2 is 1.75 bits per heavy atom. The summed E-state index contributed by atoms with van der Waals surface area (Å²) in [6, 6.07) is -0.430. The quantitative estimate of drug-likeness (QED) is 0.655. The number of rotatable bonds is 3. The van der Waals surface area contributed by atoms with Gasteiger partial charge in [0.25, 0.3) is 0 Å². The molecule has 0 aliphatic carbocycles. The average Bonchev–Trinajstić information content (AvgIpc) is 2.03. The summed E-state index contributed by atoms with van der Waals surface area (Å²) in [5, 5.41) is 2.46. The fraction of sp³-hybridized carbons (Fsp3) is 0.750. The molecule has 0 heterocycles. The van der Waals surface area contributed by atoms with Crippen LogP contribution in [0.5, 0.6) is 0 Å². The van der Waals surface area contributed by atoms with Crippen LogP contribution < -0.4 is 5.32 Å². The Bertz CT molecular complexity index is 148. The van der Waals surface area contributed by atoms with Gasteiger partial charge in [-0.1, -0.05) is 13.8 Å². The van der Waals surface area contributed by atoms with Crippen LogP contribution in [0.2, 0.25) is 0 Å². The molecule has 0 spiro atoms. The lowest BCUT2D eigenvalue weighted by Crippen LogP contribution is -2.39. The van der Waals surface area contributed by atoms with Crippen LogP contribution in [0.3, 0.4) is 0 Å². The van der Waals surface area contributed by atoms with E-state index in [-0.39, 0.29) is 11.7 Å². The monoisotopic (exact) mass is 191 g/mol. The van der Waals surface area contributed by atoms with Crippen LogP contribution >= 0.6 is 12.6 Å². The second-order valence-corrected chi connectivity index (χ2v) is 2.41. The summed E-state index contributed by atoms with van der Waals surface area (Å²) in [6.45, 7) is 6.80. The first kappa shape index (κ1) is 14.0. The summed E-state index contributed by atoms with van der Waals surface area (Å²) < 4.78 is 0. The highest BCUT2D eigenvalue weighted by Crippen LogP contribution is 1.88. The van der Waals surface area contributed by atoms with E-state index >= 15 is 0 Å². The lowest BCUT2D eigenvalue weighted by atomic mass is 10.2. The first-order chi connectivity index (χ1) is 5.57. The molecule has 0 radical (unpaired) electrons. The summed E-state index contributed by atoms with van der Waals surface area (Å²) in [7, 11) is 0. The molecule has 1 atom stereocenters. The predicted octanol–water partition coefficient (Wildman–Crippen LogP) is 1.04. The molecule has 1 N–H and O–H groups in total. The van der Waals surface area contributed by atoms with Gasteiger partial charge in [-0.2, -0.15) is 12.6 Å². The number of hydrogen-bond donors (Lipinski definition) is 2. The van der Waals surface area contributed by atoms with E-state index in [9.17, 15) is 9.59 Å². The highest BCUT2D eigenvalue weighted by molar-refractivity contribution is 7.80. The Hall–Kier alpha value is -0.510. The van der Waals surface area contributed by atoms with Crippen molar-refractivity contribution in [1.29, 1.82) is 0 Å². The minimum Gasteiger partial charge on any atom is -0.346 e. The number of amides is 1. The summed E-state index contributed by atoms with van der Waals surface area (Å²) in [5.74, 6) is 0.0917. The SMILES string of the molecule is CC.CC(=O)NC(CS)C(C)=O. The molecule has 0 saturated carbocycles. The van der Waals surface area contributed by atoms with Crippen molar-refractivity contribution < 1.29 is 9.59 Å². The number of Topliss-reactive ketones (excluding diaryl/α,β-unsaturated/α-hetero) is 1. The molecule has 12 heavy (non-hydrogen) atoms. The first-order valence-corrected chi connectivity index (χ1v) is 4.59. The van der Waals surface area contributed by atoms with Gasteiger partial charge in [0.05, 0.1) is 6.04 Å². The van der Waals surface area contributed by atoms with Crippen molar-refractivity contribution in [2.75, 3.05) is 5.75 Å². The molecule has 0 bridgehead atoms. The van der Waals surface area contributed by atoms with Gasteiger partial charge in [0.1, 0.15) is 0 Å². The third-order valence-electron chi connectivity index (χ3n) is 1.05. The summed E-state index contributed by atoms with van der Waals surface area (Å²) >= 11 is 3.89. The first-order valence-electron chi connectivity index (χ1n) is 3.96. The molecule has 72 valence electrons. The Balaban J connectivity index is 0. The van der Waals surface area contributed by atoms with Gasteiger partial charge in [0.15, 0.2) is 5.78 Å². The maximum absolute atomic E-state index is 10.6. The summed E-state index contributed by atoms with van der Waals surface area (Å²) in [5.41, 5.74) is 0. The Labute approximate surface area is 79.3 Å². The van der Waals surface area contributed by atoms with Gasteiger partial charge in [-0.3, -0.25) is 9.59 Å². The minimum atomic E-state index is -0.430. The maximum atomic E-state index is 10.6. The van der Waals surface area contributed by atoms with Gasteiger partial charge < -0.3 is 5.32 Å². The van der Waals surface area contributed by atoms with Gasteiger partial charge in [-0.05, 0) is 6.92 Å². The predicted molar refractivity (Wildman–Crippen MR) is 53.5 cm³/mol. The van der Waals surface area contributed by atoms with E-state index in [2.05, 4.69) is 17.9 Å². The molecule has 4 heteroatoms. The molecule has 1 unspecified atom stereocenters. The zero-order chi connectivity index (χ0) is 10.1. The van der Waals surface area contributed by atoms with Crippen LogP contribution in [0.4, 0.5) is 0 Å². The standard InChI is InChI=1S/C6H11NO2S.C2H6/c1-4(8)6(3-10)7-5(2)9;1-2/h6,10H,3H2,1-2H3,(H,7,9);1-2H3. The fourth-order valence-corrected chi connectivity index (χ4v) is 0.870. The molecule has 0 rings (SSSR count). The second-order valence-electron chi connectivity index (χ2n) is 2.05. The van der Waals surface area contributed by atoms with Gasteiger partial charge in [-0.25, -0.2) is 0 Å². The van der Waals surface area contributed by atoms with E-state index in [1.807, 2.05) is 13.8 Å². The Morgan fingerprint density at radius 1 is 1.33 bits per heavy atom. The largest absolute Gasteiger partial charge is 0.346 e. The third-order valence-corrected chi connectivity index (χ3v) is 1.42. The number of carbonyl (C=O) groups excluding carboxylic acids is 2.